The molecule has 0 unspecified atom stereocenters. The second-order valence-electron chi connectivity index (χ2n) is 9.97. The van der Waals surface area contributed by atoms with Gasteiger partial charge in [-0.1, -0.05) is 26.0 Å². The van der Waals surface area contributed by atoms with Crippen LogP contribution in [0.1, 0.15) is 25.3 Å². The van der Waals surface area contributed by atoms with Crippen LogP contribution >= 0.6 is 0 Å². The van der Waals surface area contributed by atoms with Crippen molar-refractivity contribution in [3.05, 3.63) is 29.8 Å². The highest BCUT2D eigenvalue weighted by Gasteiger charge is 2.56. The summed E-state index contributed by atoms with van der Waals surface area (Å²) in [4.78, 5) is 0. The molecule has 0 bridgehead atoms. The summed E-state index contributed by atoms with van der Waals surface area (Å²) in [5, 5.41) is 0. The maximum Gasteiger partial charge on any atom is 0.717 e. The van der Waals surface area contributed by atoms with Crippen LogP contribution in [0.5, 0.6) is 5.75 Å². The molecule has 0 spiro atoms. The van der Waals surface area contributed by atoms with Gasteiger partial charge in [-0.3, -0.25) is 0 Å². The SMILES string of the molecule is CC(C)c1ccc(O[Si](O[Si](C)(C)C)(O[Si](C)(C)C)O[Si](C)(C)C)cc1. The average molecular weight is 431 g/mol. The molecule has 0 fully saturated rings. The third-order valence-electron chi connectivity index (χ3n) is 3.08. The fourth-order valence-electron chi connectivity index (χ4n) is 2.32. The van der Waals surface area contributed by atoms with Gasteiger partial charge in [0, 0.05) is 0 Å². The van der Waals surface area contributed by atoms with Gasteiger partial charge in [-0.05, 0) is 82.5 Å². The molecule has 1 aromatic carbocycles. The van der Waals surface area contributed by atoms with Crippen molar-refractivity contribution in [2.24, 2.45) is 0 Å². The van der Waals surface area contributed by atoms with Crippen LogP contribution < -0.4 is 4.43 Å². The van der Waals surface area contributed by atoms with Gasteiger partial charge in [0.2, 0.25) is 0 Å². The van der Waals surface area contributed by atoms with Gasteiger partial charge < -0.3 is 16.8 Å². The van der Waals surface area contributed by atoms with E-state index in [-0.39, 0.29) is 0 Å². The Labute approximate surface area is 165 Å². The Kier molecular flexibility index (Phi) is 7.71. The zero-order valence-electron chi connectivity index (χ0n) is 18.5. The molecule has 0 radical (unpaired) electrons. The summed E-state index contributed by atoms with van der Waals surface area (Å²) in [7, 11) is -9.13. The molecule has 150 valence electrons. The third-order valence-corrected chi connectivity index (χ3v) is 13.9. The van der Waals surface area contributed by atoms with E-state index in [0.717, 1.165) is 5.75 Å². The van der Waals surface area contributed by atoms with Crippen LogP contribution in [-0.4, -0.2) is 34.0 Å². The van der Waals surface area contributed by atoms with Crippen LogP contribution in [0.2, 0.25) is 58.9 Å². The topological polar surface area (TPSA) is 36.9 Å². The lowest BCUT2D eigenvalue weighted by Gasteiger charge is -2.40. The molecule has 8 heteroatoms. The van der Waals surface area contributed by atoms with Crippen LogP contribution in [0, 0.1) is 0 Å². The molecule has 26 heavy (non-hydrogen) atoms. The zero-order chi connectivity index (χ0) is 20.4. The van der Waals surface area contributed by atoms with E-state index in [4.69, 9.17) is 16.8 Å². The first-order valence-electron chi connectivity index (χ1n) is 9.40. The minimum Gasteiger partial charge on any atom is -0.482 e. The highest BCUT2D eigenvalue weighted by molar-refractivity contribution is 6.88. The average Bonchev–Trinajstić information content (AvgIpc) is 2.31. The van der Waals surface area contributed by atoms with E-state index < -0.39 is 34.0 Å². The summed E-state index contributed by atoms with van der Waals surface area (Å²) in [6.45, 7) is 23.8. The van der Waals surface area contributed by atoms with Gasteiger partial charge in [-0.2, -0.15) is 0 Å². The fourth-order valence-corrected chi connectivity index (χ4v) is 13.9. The number of benzene rings is 1. The van der Waals surface area contributed by atoms with Crippen molar-refractivity contribution >= 4 is 34.0 Å². The normalized spacial score (nSPS) is 14.0. The largest absolute Gasteiger partial charge is 0.717 e. The van der Waals surface area contributed by atoms with Gasteiger partial charge in [-0.25, -0.2) is 0 Å². The molecule has 0 aliphatic carbocycles. The maximum absolute atomic E-state index is 6.54. The van der Waals surface area contributed by atoms with E-state index in [1.165, 1.54) is 5.56 Å². The molecule has 0 amide bonds. The van der Waals surface area contributed by atoms with Crippen LogP contribution in [0.4, 0.5) is 0 Å². The molecule has 0 atom stereocenters. The highest BCUT2D eigenvalue weighted by atomic mass is 28.5. The minimum atomic E-state index is -3.30. The Bertz CT molecular complexity index is 528. The lowest BCUT2D eigenvalue weighted by molar-refractivity contribution is 0.152. The van der Waals surface area contributed by atoms with Crippen molar-refractivity contribution in [3.8, 4) is 5.75 Å². The minimum absolute atomic E-state index is 0.487. The molecule has 4 nitrogen and oxygen atoms in total. The Balaban J connectivity index is 3.29. The molecule has 0 heterocycles. The van der Waals surface area contributed by atoms with Gasteiger partial charge in [0.1, 0.15) is 5.75 Å². The number of rotatable bonds is 9. The Morgan fingerprint density at radius 1 is 0.615 bits per heavy atom. The molecule has 0 aliphatic rings. The van der Waals surface area contributed by atoms with Crippen molar-refractivity contribution in [1.82, 2.24) is 0 Å². The van der Waals surface area contributed by atoms with Gasteiger partial charge in [0.25, 0.3) is 0 Å². The predicted octanol–water partition coefficient (Wildman–Crippen LogP) is 6.18. The fraction of sp³-hybridized carbons (Fsp3) is 0.667. The van der Waals surface area contributed by atoms with Crippen molar-refractivity contribution in [2.75, 3.05) is 0 Å². The number of hydrogen-bond acceptors (Lipinski definition) is 4. The van der Waals surface area contributed by atoms with Crippen LogP contribution in [-0.2, 0) is 12.3 Å². The molecule has 0 aromatic heterocycles. The molecule has 0 saturated heterocycles. The highest BCUT2D eigenvalue weighted by Crippen LogP contribution is 2.29. The monoisotopic (exact) mass is 430 g/mol. The van der Waals surface area contributed by atoms with Gasteiger partial charge in [0.05, 0.1) is 0 Å². The first-order valence-corrected chi connectivity index (χ1v) is 21.3. The van der Waals surface area contributed by atoms with Crippen molar-refractivity contribution in [3.63, 3.8) is 0 Å². The summed E-state index contributed by atoms with van der Waals surface area (Å²) in [6.07, 6.45) is 0. The lowest BCUT2D eigenvalue weighted by atomic mass is 10.0. The van der Waals surface area contributed by atoms with Crippen LogP contribution in [0.3, 0.4) is 0 Å². The van der Waals surface area contributed by atoms with E-state index in [9.17, 15) is 0 Å². The Morgan fingerprint density at radius 2 is 0.962 bits per heavy atom. The molecule has 0 aliphatic heterocycles. The quantitative estimate of drug-likeness (QED) is 0.438. The van der Waals surface area contributed by atoms with E-state index in [0.29, 0.717) is 5.92 Å². The van der Waals surface area contributed by atoms with Crippen LogP contribution in [0.15, 0.2) is 24.3 Å². The summed E-state index contributed by atoms with van der Waals surface area (Å²) >= 11 is 0. The molecule has 0 N–H and O–H groups in total. The lowest BCUT2D eigenvalue weighted by Crippen LogP contribution is -2.64. The first-order chi connectivity index (χ1) is 11.5. The summed E-state index contributed by atoms with van der Waals surface area (Å²) in [6, 6.07) is 8.23. The van der Waals surface area contributed by atoms with Crippen molar-refractivity contribution in [2.45, 2.75) is 78.7 Å². The van der Waals surface area contributed by atoms with E-state index in [1.54, 1.807) is 0 Å². The molecular formula is C18H38O4Si4. The van der Waals surface area contributed by atoms with Gasteiger partial charge in [0.15, 0.2) is 25.0 Å². The molecule has 0 saturated carbocycles. The van der Waals surface area contributed by atoms with Crippen molar-refractivity contribution in [1.29, 1.82) is 0 Å². The smallest absolute Gasteiger partial charge is 0.482 e. The second-order valence-corrected chi connectivity index (χ2v) is 26.3. The molecule has 1 rings (SSSR count). The Morgan fingerprint density at radius 3 is 1.23 bits per heavy atom. The van der Waals surface area contributed by atoms with E-state index >= 15 is 0 Å². The summed E-state index contributed by atoms with van der Waals surface area (Å²) in [5.41, 5.74) is 1.29. The maximum atomic E-state index is 6.54. The van der Waals surface area contributed by atoms with Crippen molar-refractivity contribution < 1.29 is 16.8 Å². The first kappa shape index (κ1) is 23.8. The second kappa shape index (κ2) is 8.42. The zero-order valence-corrected chi connectivity index (χ0v) is 22.5. The molecular weight excluding hydrogens is 393 g/mol. The molecule has 1 aromatic rings. The predicted molar refractivity (Wildman–Crippen MR) is 120 cm³/mol. The van der Waals surface area contributed by atoms with E-state index in [2.05, 4.69) is 84.9 Å². The van der Waals surface area contributed by atoms with E-state index in [1.807, 2.05) is 12.1 Å². The summed E-state index contributed by atoms with van der Waals surface area (Å²) in [5.74, 6) is 1.25. The third kappa shape index (κ3) is 9.11. The standard InChI is InChI=1S/C18H38O4Si4/c1-16(2)17-12-14-18(15-13-17)19-26(20-23(3,4)5,21-24(6,7)8)22-25(9,10)11/h12-16H,1-11H3. The number of hydrogen-bond donors (Lipinski definition) is 0. The summed E-state index contributed by atoms with van der Waals surface area (Å²) < 4.78 is 26.1. The van der Waals surface area contributed by atoms with Crippen LogP contribution in [0.25, 0.3) is 0 Å². The van der Waals surface area contributed by atoms with Gasteiger partial charge in [-0.15, -0.1) is 0 Å². The Hall–Kier alpha value is -0.232. The van der Waals surface area contributed by atoms with Gasteiger partial charge >= 0.3 is 9.05 Å².